The number of hydrogen-bond donors (Lipinski definition) is 1. The van der Waals surface area contributed by atoms with Crippen molar-refractivity contribution in [3.05, 3.63) is 28.8 Å². The highest BCUT2D eigenvalue weighted by molar-refractivity contribution is 6.32. The van der Waals surface area contributed by atoms with Gasteiger partial charge in [-0.3, -0.25) is 0 Å². The number of ether oxygens (including phenoxy) is 2. The van der Waals surface area contributed by atoms with Crippen LogP contribution < -0.4 is 10.5 Å². The largest absolute Gasteiger partial charge is 0.484 e. The van der Waals surface area contributed by atoms with Crippen molar-refractivity contribution in [2.24, 2.45) is 5.73 Å². The molecule has 20 heavy (non-hydrogen) atoms. The van der Waals surface area contributed by atoms with Gasteiger partial charge in [-0.15, -0.1) is 0 Å². The topological polar surface area (TPSA) is 44.5 Å². The number of hydrogen-bond acceptors (Lipinski definition) is 3. The van der Waals surface area contributed by atoms with Crippen LogP contribution in [0, 0.1) is 0 Å². The van der Waals surface area contributed by atoms with Gasteiger partial charge in [-0.25, -0.2) is 0 Å². The lowest BCUT2D eigenvalue weighted by molar-refractivity contribution is -0.0796. The summed E-state index contributed by atoms with van der Waals surface area (Å²) in [5, 5.41) is 0.688. The van der Waals surface area contributed by atoms with Gasteiger partial charge in [-0.1, -0.05) is 36.9 Å². The van der Waals surface area contributed by atoms with Gasteiger partial charge in [-0.2, -0.15) is 0 Å². The molecule has 2 aliphatic rings. The Balaban J connectivity index is 1.80. The average Bonchev–Trinajstić information content (AvgIpc) is 2.44. The first kappa shape index (κ1) is 14.2. The van der Waals surface area contributed by atoms with Crippen LogP contribution in [0.2, 0.25) is 5.02 Å². The van der Waals surface area contributed by atoms with Crippen LogP contribution in [0.5, 0.6) is 5.75 Å². The first-order chi connectivity index (χ1) is 9.73. The number of halogens is 1. The van der Waals surface area contributed by atoms with Crippen molar-refractivity contribution < 1.29 is 9.47 Å². The fourth-order valence-corrected chi connectivity index (χ4v) is 3.45. The second-order valence-electron chi connectivity index (χ2n) is 5.97. The molecule has 0 aromatic heterocycles. The van der Waals surface area contributed by atoms with Crippen LogP contribution in [0.1, 0.15) is 37.7 Å². The molecule has 3 rings (SSSR count). The van der Waals surface area contributed by atoms with Crippen LogP contribution in [-0.4, -0.2) is 25.9 Å². The lowest BCUT2D eigenvalue weighted by Crippen LogP contribution is -2.39. The lowest BCUT2D eigenvalue weighted by Gasteiger charge is -2.37. The van der Waals surface area contributed by atoms with Gasteiger partial charge in [0.15, 0.2) is 0 Å². The van der Waals surface area contributed by atoms with Crippen molar-refractivity contribution in [3.8, 4) is 5.75 Å². The summed E-state index contributed by atoms with van der Waals surface area (Å²) in [4.78, 5) is 0. The molecule has 1 saturated carbocycles. The number of benzene rings is 1. The fraction of sp³-hybridized carbons (Fsp3) is 0.625. The minimum Gasteiger partial charge on any atom is -0.484 e. The zero-order chi connectivity index (χ0) is 14.0. The van der Waals surface area contributed by atoms with Gasteiger partial charge >= 0.3 is 0 Å². The fourth-order valence-electron chi connectivity index (χ4n) is 3.23. The van der Waals surface area contributed by atoms with E-state index in [9.17, 15) is 0 Å². The minimum atomic E-state index is 0.111. The molecule has 2 fully saturated rings. The van der Waals surface area contributed by atoms with E-state index < -0.39 is 0 Å². The summed E-state index contributed by atoms with van der Waals surface area (Å²) >= 11 is 6.39. The van der Waals surface area contributed by atoms with Crippen molar-refractivity contribution in [2.75, 3.05) is 19.8 Å². The van der Waals surface area contributed by atoms with Gasteiger partial charge < -0.3 is 15.2 Å². The van der Waals surface area contributed by atoms with Gasteiger partial charge in [0.1, 0.15) is 11.9 Å². The monoisotopic (exact) mass is 295 g/mol. The molecule has 1 aromatic carbocycles. The molecular formula is C16H22ClNO2. The predicted molar refractivity (Wildman–Crippen MR) is 80.5 cm³/mol. The Morgan fingerprint density at radius 2 is 2.00 bits per heavy atom. The molecule has 0 radical (unpaired) electrons. The second-order valence-corrected chi connectivity index (χ2v) is 6.37. The molecule has 1 aromatic rings. The third-order valence-corrected chi connectivity index (χ3v) is 4.94. The van der Waals surface area contributed by atoms with Gasteiger partial charge in [-0.05, 0) is 30.5 Å². The SMILES string of the molecule is NCC1(c2ccc(OC3COC3)c(Cl)c2)CCCCC1. The van der Waals surface area contributed by atoms with Crippen LogP contribution >= 0.6 is 11.6 Å². The van der Waals surface area contributed by atoms with Gasteiger partial charge in [0, 0.05) is 12.0 Å². The Hall–Kier alpha value is -0.770. The smallest absolute Gasteiger partial charge is 0.145 e. The zero-order valence-corrected chi connectivity index (χ0v) is 12.5. The average molecular weight is 296 g/mol. The van der Waals surface area contributed by atoms with Crippen molar-refractivity contribution >= 4 is 11.6 Å². The lowest BCUT2D eigenvalue weighted by atomic mass is 9.69. The second kappa shape index (κ2) is 5.92. The van der Waals surface area contributed by atoms with Crippen molar-refractivity contribution in [2.45, 2.75) is 43.6 Å². The summed E-state index contributed by atoms with van der Waals surface area (Å²) in [7, 11) is 0. The van der Waals surface area contributed by atoms with E-state index in [0.29, 0.717) is 24.8 Å². The number of nitrogens with two attached hydrogens (primary N) is 1. The third-order valence-electron chi connectivity index (χ3n) is 4.65. The minimum absolute atomic E-state index is 0.111. The Bertz CT molecular complexity index is 468. The summed E-state index contributed by atoms with van der Waals surface area (Å²) in [6.07, 6.45) is 6.31. The Morgan fingerprint density at radius 1 is 1.25 bits per heavy atom. The Labute approximate surface area is 125 Å². The van der Waals surface area contributed by atoms with Gasteiger partial charge in [0.05, 0.1) is 18.2 Å². The van der Waals surface area contributed by atoms with Crippen molar-refractivity contribution in [1.82, 2.24) is 0 Å². The predicted octanol–water partition coefficient (Wildman–Crippen LogP) is 3.28. The van der Waals surface area contributed by atoms with Crippen LogP contribution in [0.4, 0.5) is 0 Å². The molecule has 0 unspecified atom stereocenters. The van der Waals surface area contributed by atoms with Crippen LogP contribution in [-0.2, 0) is 10.2 Å². The third kappa shape index (κ3) is 2.67. The summed E-state index contributed by atoms with van der Waals surface area (Å²) in [5.74, 6) is 0.756. The molecule has 4 heteroatoms. The van der Waals surface area contributed by atoms with E-state index in [0.717, 1.165) is 18.6 Å². The molecule has 0 spiro atoms. The molecule has 1 aliphatic carbocycles. The summed E-state index contributed by atoms with van der Waals surface area (Å²) in [6.45, 7) is 2.01. The Morgan fingerprint density at radius 3 is 2.55 bits per heavy atom. The first-order valence-corrected chi connectivity index (χ1v) is 7.86. The highest BCUT2D eigenvalue weighted by Gasteiger charge is 2.33. The molecular weight excluding hydrogens is 274 g/mol. The van der Waals surface area contributed by atoms with E-state index in [4.69, 9.17) is 26.8 Å². The standard InChI is InChI=1S/C16H22ClNO2/c17-14-8-12(16(11-18)6-2-1-3-7-16)4-5-15(14)20-13-9-19-10-13/h4-5,8,13H,1-3,6-7,9-11,18H2. The normalized spacial score (nSPS) is 22.3. The highest BCUT2D eigenvalue weighted by atomic mass is 35.5. The van der Waals surface area contributed by atoms with Crippen LogP contribution in [0.15, 0.2) is 18.2 Å². The maximum Gasteiger partial charge on any atom is 0.145 e. The van der Waals surface area contributed by atoms with Crippen molar-refractivity contribution in [3.63, 3.8) is 0 Å². The summed E-state index contributed by atoms with van der Waals surface area (Å²) < 4.78 is 10.9. The van der Waals surface area contributed by atoms with Gasteiger partial charge in [0.2, 0.25) is 0 Å². The molecule has 0 atom stereocenters. The summed E-state index contributed by atoms with van der Waals surface area (Å²) in [5.41, 5.74) is 7.46. The molecule has 1 heterocycles. The van der Waals surface area contributed by atoms with E-state index in [1.807, 2.05) is 6.07 Å². The van der Waals surface area contributed by atoms with E-state index >= 15 is 0 Å². The van der Waals surface area contributed by atoms with E-state index in [-0.39, 0.29) is 11.5 Å². The molecule has 2 N–H and O–H groups in total. The summed E-state index contributed by atoms with van der Waals surface area (Å²) in [6, 6.07) is 6.18. The van der Waals surface area contributed by atoms with E-state index in [1.165, 1.54) is 24.8 Å². The highest BCUT2D eigenvalue weighted by Crippen LogP contribution is 2.41. The quantitative estimate of drug-likeness (QED) is 0.927. The molecule has 0 bridgehead atoms. The molecule has 110 valence electrons. The number of rotatable bonds is 4. The van der Waals surface area contributed by atoms with Crippen LogP contribution in [0.25, 0.3) is 0 Å². The zero-order valence-electron chi connectivity index (χ0n) is 11.7. The molecule has 1 aliphatic heterocycles. The van der Waals surface area contributed by atoms with E-state index in [1.54, 1.807) is 0 Å². The van der Waals surface area contributed by atoms with Crippen LogP contribution in [0.3, 0.4) is 0 Å². The maximum atomic E-state index is 6.39. The first-order valence-electron chi connectivity index (χ1n) is 7.48. The van der Waals surface area contributed by atoms with Crippen molar-refractivity contribution in [1.29, 1.82) is 0 Å². The van der Waals surface area contributed by atoms with Gasteiger partial charge in [0.25, 0.3) is 0 Å². The molecule has 0 amide bonds. The maximum absolute atomic E-state index is 6.39. The van der Waals surface area contributed by atoms with E-state index in [2.05, 4.69) is 12.1 Å². The molecule has 1 saturated heterocycles. The molecule has 3 nitrogen and oxygen atoms in total. The Kier molecular flexibility index (Phi) is 4.20.